The van der Waals surface area contributed by atoms with Crippen LogP contribution in [-0.4, -0.2) is 18.5 Å². The van der Waals surface area contributed by atoms with Gasteiger partial charge in [-0.2, -0.15) is 0 Å². The van der Waals surface area contributed by atoms with Crippen LogP contribution in [0.3, 0.4) is 0 Å². The van der Waals surface area contributed by atoms with Crippen molar-refractivity contribution in [2.24, 2.45) is 10.4 Å². The van der Waals surface area contributed by atoms with Gasteiger partial charge in [-0.15, -0.1) is 0 Å². The molecular weight excluding hydrogens is 441 g/mol. The molecule has 3 aromatic rings. The van der Waals surface area contributed by atoms with Crippen LogP contribution in [-0.2, 0) is 4.74 Å². The van der Waals surface area contributed by atoms with Crippen molar-refractivity contribution < 1.29 is 4.74 Å². The first kappa shape index (κ1) is 20.3. The minimum absolute atomic E-state index is 0.0809. The zero-order valence-electron chi connectivity index (χ0n) is 17.0. The van der Waals surface area contributed by atoms with Gasteiger partial charge in [0, 0.05) is 10.0 Å². The van der Waals surface area contributed by atoms with E-state index in [1.54, 1.807) is 0 Å². The summed E-state index contributed by atoms with van der Waals surface area (Å²) in [6.45, 7) is 7.29. The smallest absolute Gasteiger partial charge is 0.217 e. The maximum absolute atomic E-state index is 6.14. The highest BCUT2D eigenvalue weighted by Crippen LogP contribution is 2.36. The minimum Gasteiger partial charge on any atom is -0.475 e. The maximum atomic E-state index is 6.14. The number of nitrogens with zero attached hydrogens (tertiary/aromatic N) is 1. The Morgan fingerprint density at radius 3 is 2.00 bits per heavy atom. The van der Waals surface area contributed by atoms with Gasteiger partial charge in [0.15, 0.2) is 0 Å². The van der Waals surface area contributed by atoms with Crippen molar-refractivity contribution in [3.63, 3.8) is 0 Å². The lowest BCUT2D eigenvalue weighted by Crippen LogP contribution is -2.25. The van der Waals surface area contributed by atoms with Gasteiger partial charge >= 0.3 is 0 Å². The minimum atomic E-state index is -0.719. The number of hydrogen-bond acceptors (Lipinski definition) is 2. The molecule has 0 bridgehead atoms. The Hall–Kier alpha value is -1.96. The second kappa shape index (κ2) is 8.42. The van der Waals surface area contributed by atoms with Crippen LogP contribution >= 0.6 is 23.9 Å². The third-order valence-electron chi connectivity index (χ3n) is 5.11. The summed E-state index contributed by atoms with van der Waals surface area (Å²) >= 11 is 3.66. The fraction of sp³-hybridized carbons (Fsp3) is 0.240. The van der Waals surface area contributed by atoms with E-state index in [0.29, 0.717) is 6.61 Å². The topological polar surface area (TPSA) is 21.6 Å². The second-order valence-electron chi connectivity index (χ2n) is 8.30. The normalized spacial score (nSPS) is 16.6. The molecule has 0 saturated carbocycles. The second-order valence-corrected chi connectivity index (χ2v) is 11.4. The van der Waals surface area contributed by atoms with Crippen LogP contribution in [0.5, 0.6) is 0 Å². The molecule has 0 spiro atoms. The third-order valence-corrected chi connectivity index (χ3v) is 8.10. The molecular formula is C25H25BrNOP. The van der Waals surface area contributed by atoms with Gasteiger partial charge in [-0.1, -0.05) is 103 Å². The Labute approximate surface area is 182 Å². The summed E-state index contributed by atoms with van der Waals surface area (Å²) in [5.74, 6) is 0.764. The molecule has 1 aliphatic rings. The Morgan fingerprint density at radius 1 is 0.897 bits per heavy atom. The zero-order valence-corrected chi connectivity index (χ0v) is 19.5. The summed E-state index contributed by atoms with van der Waals surface area (Å²) in [4.78, 5) is 4.99. The number of aliphatic imine (C=N–C) groups is 1. The number of halogens is 1. The van der Waals surface area contributed by atoms with Crippen molar-refractivity contribution >= 4 is 45.7 Å². The Balaban J connectivity index is 1.87. The van der Waals surface area contributed by atoms with Crippen LogP contribution in [0.25, 0.3) is 0 Å². The molecule has 148 valence electrons. The molecule has 4 heteroatoms. The van der Waals surface area contributed by atoms with E-state index in [-0.39, 0.29) is 11.5 Å². The summed E-state index contributed by atoms with van der Waals surface area (Å²) in [5, 5.41) is 3.92. The standard InChI is InChI=1S/C25H25BrNOP/c1-25(2,3)23-17-28-24(27-23)21-16-18(26)14-15-22(21)29(19-10-6-4-7-11-19)20-12-8-5-9-13-20/h4-16,23H,17H2,1-3H3. The number of benzene rings is 3. The largest absolute Gasteiger partial charge is 0.475 e. The Bertz CT molecular complexity index is 972. The van der Waals surface area contributed by atoms with Crippen molar-refractivity contribution in [3.05, 3.63) is 88.9 Å². The average Bonchev–Trinajstić information content (AvgIpc) is 3.22. The summed E-state index contributed by atoms with van der Waals surface area (Å²) in [7, 11) is -0.719. The van der Waals surface area contributed by atoms with Crippen LogP contribution in [0, 0.1) is 5.41 Å². The number of hydrogen-bond donors (Lipinski definition) is 0. The summed E-state index contributed by atoms with van der Waals surface area (Å²) < 4.78 is 7.17. The van der Waals surface area contributed by atoms with Gasteiger partial charge in [0.05, 0.1) is 6.04 Å². The van der Waals surface area contributed by atoms with E-state index in [1.165, 1.54) is 15.9 Å². The average molecular weight is 466 g/mol. The molecule has 29 heavy (non-hydrogen) atoms. The van der Waals surface area contributed by atoms with Crippen LogP contribution in [0.15, 0.2) is 88.3 Å². The molecule has 0 N–H and O–H groups in total. The van der Waals surface area contributed by atoms with Gasteiger partial charge in [0.1, 0.15) is 6.61 Å². The fourth-order valence-corrected chi connectivity index (χ4v) is 6.20. The Morgan fingerprint density at radius 2 is 1.48 bits per heavy atom. The summed E-state index contributed by atoms with van der Waals surface area (Å²) in [6, 6.07) is 28.2. The molecule has 0 fully saturated rings. The van der Waals surface area contributed by atoms with Gasteiger partial charge in [0.25, 0.3) is 0 Å². The summed E-state index contributed by atoms with van der Waals surface area (Å²) in [5.41, 5.74) is 1.17. The lowest BCUT2D eigenvalue weighted by molar-refractivity contribution is 0.236. The molecule has 3 aromatic carbocycles. The molecule has 0 aliphatic carbocycles. The first-order valence-corrected chi connectivity index (χ1v) is 12.0. The molecule has 1 unspecified atom stereocenters. The number of rotatable bonds is 4. The predicted molar refractivity (Wildman–Crippen MR) is 129 cm³/mol. The van der Waals surface area contributed by atoms with Crippen LogP contribution in [0.1, 0.15) is 26.3 Å². The maximum Gasteiger partial charge on any atom is 0.217 e. The molecule has 0 radical (unpaired) electrons. The van der Waals surface area contributed by atoms with E-state index < -0.39 is 7.92 Å². The zero-order chi connectivity index (χ0) is 20.4. The van der Waals surface area contributed by atoms with E-state index in [1.807, 2.05) is 0 Å². The molecule has 0 amide bonds. The molecule has 1 atom stereocenters. The monoisotopic (exact) mass is 465 g/mol. The SMILES string of the molecule is CC(C)(C)C1COC(c2cc(Br)ccc2P(c2ccccc2)c2ccccc2)=N1. The highest BCUT2D eigenvalue weighted by Gasteiger charge is 2.32. The van der Waals surface area contributed by atoms with Crippen LogP contribution < -0.4 is 15.9 Å². The van der Waals surface area contributed by atoms with E-state index in [0.717, 1.165) is 15.9 Å². The molecule has 0 saturated heterocycles. The quantitative estimate of drug-likeness (QED) is 0.472. The van der Waals surface area contributed by atoms with E-state index in [9.17, 15) is 0 Å². The summed E-state index contributed by atoms with van der Waals surface area (Å²) in [6.07, 6.45) is 0. The van der Waals surface area contributed by atoms with Gasteiger partial charge < -0.3 is 4.74 Å². The lowest BCUT2D eigenvalue weighted by atomic mass is 9.88. The van der Waals surface area contributed by atoms with Crippen LogP contribution in [0.2, 0.25) is 0 Å². The highest BCUT2D eigenvalue weighted by molar-refractivity contribution is 9.10. The first-order chi connectivity index (χ1) is 13.9. The predicted octanol–water partition coefficient (Wildman–Crippen LogP) is 5.40. The first-order valence-electron chi connectivity index (χ1n) is 9.84. The van der Waals surface area contributed by atoms with Crippen molar-refractivity contribution in [1.29, 1.82) is 0 Å². The van der Waals surface area contributed by atoms with Crippen molar-refractivity contribution in [1.82, 2.24) is 0 Å². The van der Waals surface area contributed by atoms with Crippen molar-refractivity contribution in [2.75, 3.05) is 6.61 Å². The molecule has 1 heterocycles. The fourth-order valence-electron chi connectivity index (χ4n) is 3.42. The van der Waals surface area contributed by atoms with E-state index in [4.69, 9.17) is 9.73 Å². The van der Waals surface area contributed by atoms with Crippen molar-refractivity contribution in [3.8, 4) is 0 Å². The van der Waals surface area contributed by atoms with Crippen LogP contribution in [0.4, 0.5) is 0 Å². The molecule has 1 aliphatic heterocycles. The van der Waals surface area contributed by atoms with Gasteiger partial charge in [-0.3, -0.25) is 0 Å². The van der Waals surface area contributed by atoms with E-state index >= 15 is 0 Å². The van der Waals surface area contributed by atoms with Crippen molar-refractivity contribution in [2.45, 2.75) is 26.8 Å². The van der Waals surface area contributed by atoms with Gasteiger partial charge in [-0.05, 0) is 41.4 Å². The molecule has 2 nitrogen and oxygen atoms in total. The van der Waals surface area contributed by atoms with Gasteiger partial charge in [-0.25, -0.2) is 4.99 Å². The number of ether oxygens (including phenoxy) is 1. The lowest BCUT2D eigenvalue weighted by Gasteiger charge is -2.22. The highest BCUT2D eigenvalue weighted by atomic mass is 79.9. The molecule has 4 rings (SSSR count). The third kappa shape index (κ3) is 4.47. The van der Waals surface area contributed by atoms with Gasteiger partial charge in [0.2, 0.25) is 5.90 Å². The molecule has 0 aromatic heterocycles. The Kier molecular flexibility index (Phi) is 5.90. The van der Waals surface area contributed by atoms with E-state index in [2.05, 4.69) is 116 Å².